The predicted molar refractivity (Wildman–Crippen MR) is 247 cm³/mol. The summed E-state index contributed by atoms with van der Waals surface area (Å²) in [6.07, 6.45) is -0.347. The zero-order valence-corrected chi connectivity index (χ0v) is 32.8. The van der Waals surface area contributed by atoms with Crippen LogP contribution in [0.5, 0.6) is 0 Å². The lowest BCUT2D eigenvalue weighted by Crippen LogP contribution is -2.44. The SMILES string of the molecule is c1ccc(C2=NC(c3ccccc3)NC(c3ccc(-n4c5ccccc5c5c6c(c7ccccc7c54)C(c4ccccc4)(c4ccccc4)c4ccccc4-6)cc3)N2)cc1. The molecule has 2 heterocycles. The largest absolute Gasteiger partial charge is 0.350 e. The molecule has 1 aliphatic carbocycles. The van der Waals surface area contributed by atoms with Crippen molar-refractivity contribution in [1.29, 1.82) is 0 Å². The molecule has 0 fully saturated rings. The molecule has 2 N–H and O–H groups in total. The third-order valence-electron chi connectivity index (χ3n) is 12.7. The molecule has 2 aliphatic rings. The van der Waals surface area contributed by atoms with Crippen LogP contribution in [0.25, 0.3) is 49.4 Å². The van der Waals surface area contributed by atoms with E-state index in [2.05, 4.69) is 228 Å². The van der Waals surface area contributed by atoms with Crippen LogP contribution in [-0.2, 0) is 5.41 Å². The first kappa shape index (κ1) is 34.5. The van der Waals surface area contributed by atoms with Gasteiger partial charge in [0.05, 0.1) is 16.4 Å². The van der Waals surface area contributed by atoms with Crippen molar-refractivity contribution in [2.45, 2.75) is 17.7 Å². The van der Waals surface area contributed by atoms with E-state index in [0.717, 1.165) is 28.2 Å². The van der Waals surface area contributed by atoms with Crippen LogP contribution >= 0.6 is 0 Å². The summed E-state index contributed by atoms with van der Waals surface area (Å²) in [7, 11) is 0. The highest BCUT2D eigenvalue weighted by Gasteiger charge is 2.48. The lowest BCUT2D eigenvalue weighted by Gasteiger charge is -2.34. The molecule has 1 aliphatic heterocycles. The molecule has 10 aromatic rings. The average Bonchev–Trinajstić information content (AvgIpc) is 3.85. The Kier molecular flexibility index (Phi) is 7.94. The molecule has 2 unspecified atom stereocenters. The Labute approximate surface area is 349 Å². The van der Waals surface area contributed by atoms with Gasteiger partial charge in [0.25, 0.3) is 0 Å². The molecule has 0 saturated heterocycles. The maximum atomic E-state index is 5.14. The molecular weight excluding hydrogens is 729 g/mol. The van der Waals surface area contributed by atoms with Crippen molar-refractivity contribution in [1.82, 2.24) is 15.2 Å². The van der Waals surface area contributed by atoms with E-state index in [1.54, 1.807) is 0 Å². The summed E-state index contributed by atoms with van der Waals surface area (Å²) in [5.41, 5.74) is 14.1. The van der Waals surface area contributed by atoms with E-state index in [4.69, 9.17) is 4.99 Å². The fourth-order valence-corrected chi connectivity index (χ4v) is 10.2. The summed E-state index contributed by atoms with van der Waals surface area (Å²) in [5.74, 6) is 0.877. The zero-order valence-electron chi connectivity index (χ0n) is 32.8. The van der Waals surface area contributed by atoms with E-state index in [0.29, 0.717) is 0 Å². The third kappa shape index (κ3) is 5.11. The van der Waals surface area contributed by atoms with Gasteiger partial charge in [0.1, 0.15) is 18.2 Å². The van der Waals surface area contributed by atoms with Crippen LogP contribution in [0.15, 0.2) is 223 Å². The lowest BCUT2D eigenvalue weighted by molar-refractivity contribution is 0.409. The minimum Gasteiger partial charge on any atom is -0.350 e. The number of nitrogens with one attached hydrogen (secondary N) is 2. The summed E-state index contributed by atoms with van der Waals surface area (Å²) in [6, 6.07) is 79.4. The molecule has 0 radical (unpaired) electrons. The summed E-state index contributed by atoms with van der Waals surface area (Å²) < 4.78 is 2.50. The molecule has 2 atom stereocenters. The Hall–Kier alpha value is -7.53. The predicted octanol–water partition coefficient (Wildman–Crippen LogP) is 12.6. The highest BCUT2D eigenvalue weighted by molar-refractivity contribution is 6.27. The van der Waals surface area contributed by atoms with Crippen molar-refractivity contribution in [2.75, 3.05) is 0 Å². The van der Waals surface area contributed by atoms with Crippen molar-refractivity contribution < 1.29 is 0 Å². The van der Waals surface area contributed by atoms with E-state index in [1.165, 1.54) is 66.0 Å². The van der Waals surface area contributed by atoms with Crippen molar-refractivity contribution in [3.63, 3.8) is 0 Å². The van der Waals surface area contributed by atoms with E-state index >= 15 is 0 Å². The standard InChI is InChI=1S/C56H40N4/c1-5-19-37(20-6-1)53-57-54(38-21-7-2-8-22-38)59-55(58-53)39-33-35-42(36-34-39)60-48-32-18-16-30-46(48)50-49-45-29-15-17-31-47(45)56(40-23-9-3-10-24-40,41-25-11-4-12-26-41)51(49)43-27-13-14-28-44(43)52(50)60/h1-36,53,55,58H,(H,57,59). The van der Waals surface area contributed by atoms with Gasteiger partial charge in [-0.1, -0.05) is 200 Å². The highest BCUT2D eigenvalue weighted by atomic mass is 15.3. The number of benzene rings is 9. The van der Waals surface area contributed by atoms with Gasteiger partial charge in [-0.05, 0) is 68.1 Å². The Morgan fingerprint density at radius 3 is 1.75 bits per heavy atom. The first-order valence-corrected chi connectivity index (χ1v) is 20.8. The summed E-state index contributed by atoms with van der Waals surface area (Å²) in [5, 5.41) is 12.6. The number of nitrogens with zero attached hydrogens (tertiary/aromatic N) is 2. The van der Waals surface area contributed by atoms with Crippen LogP contribution in [0.2, 0.25) is 0 Å². The molecule has 1 aromatic heterocycles. The van der Waals surface area contributed by atoms with Gasteiger partial charge in [0.15, 0.2) is 0 Å². The van der Waals surface area contributed by atoms with E-state index in [-0.39, 0.29) is 12.3 Å². The lowest BCUT2D eigenvalue weighted by atomic mass is 9.66. The molecule has 0 amide bonds. The quantitative estimate of drug-likeness (QED) is 0.177. The van der Waals surface area contributed by atoms with Crippen LogP contribution in [0, 0.1) is 0 Å². The van der Waals surface area contributed by atoms with Crippen LogP contribution in [0.3, 0.4) is 0 Å². The minimum atomic E-state index is -0.521. The van der Waals surface area contributed by atoms with Crippen LogP contribution in [0.1, 0.15) is 51.3 Å². The van der Waals surface area contributed by atoms with Gasteiger partial charge < -0.3 is 9.88 Å². The molecule has 60 heavy (non-hydrogen) atoms. The third-order valence-corrected chi connectivity index (χ3v) is 12.7. The average molecular weight is 769 g/mol. The van der Waals surface area contributed by atoms with Crippen molar-refractivity contribution in [3.05, 3.63) is 257 Å². The second kappa shape index (κ2) is 13.8. The van der Waals surface area contributed by atoms with Gasteiger partial charge in [-0.25, -0.2) is 4.99 Å². The van der Waals surface area contributed by atoms with Crippen molar-refractivity contribution in [3.8, 4) is 16.8 Å². The zero-order chi connectivity index (χ0) is 39.6. The highest BCUT2D eigenvalue weighted by Crippen LogP contribution is 2.61. The molecule has 12 rings (SSSR count). The second-order valence-corrected chi connectivity index (χ2v) is 15.9. The molecule has 4 heteroatoms. The Morgan fingerprint density at radius 1 is 0.483 bits per heavy atom. The van der Waals surface area contributed by atoms with E-state index < -0.39 is 5.41 Å². The second-order valence-electron chi connectivity index (χ2n) is 15.9. The fourth-order valence-electron chi connectivity index (χ4n) is 10.2. The Balaban J connectivity index is 1.09. The molecule has 0 saturated carbocycles. The van der Waals surface area contributed by atoms with Crippen molar-refractivity contribution in [2.24, 2.45) is 4.99 Å². The van der Waals surface area contributed by atoms with Gasteiger partial charge in [0, 0.05) is 27.4 Å². The van der Waals surface area contributed by atoms with Gasteiger partial charge in [-0.3, -0.25) is 5.32 Å². The number of aromatic nitrogens is 1. The molecule has 4 nitrogen and oxygen atoms in total. The maximum Gasteiger partial charge on any atom is 0.131 e. The molecular formula is C56H40N4. The summed E-state index contributed by atoms with van der Waals surface area (Å²) in [4.78, 5) is 5.14. The van der Waals surface area contributed by atoms with E-state index in [9.17, 15) is 0 Å². The van der Waals surface area contributed by atoms with Crippen LogP contribution < -0.4 is 10.6 Å². The summed E-state index contributed by atoms with van der Waals surface area (Å²) >= 11 is 0. The smallest absolute Gasteiger partial charge is 0.131 e. The fraction of sp³-hybridized carbons (Fsp3) is 0.0536. The maximum absolute atomic E-state index is 5.14. The van der Waals surface area contributed by atoms with E-state index in [1.807, 2.05) is 6.07 Å². The van der Waals surface area contributed by atoms with Gasteiger partial charge in [-0.2, -0.15) is 0 Å². The van der Waals surface area contributed by atoms with Crippen molar-refractivity contribution >= 4 is 38.4 Å². The first-order valence-electron chi connectivity index (χ1n) is 20.8. The number of hydrogen-bond donors (Lipinski definition) is 2. The number of aliphatic imine (C=N–C) groups is 1. The Morgan fingerprint density at radius 2 is 1.05 bits per heavy atom. The summed E-state index contributed by atoms with van der Waals surface area (Å²) in [6.45, 7) is 0. The normalized spacial score (nSPS) is 16.6. The number of fused-ring (bicyclic) bond motifs is 10. The van der Waals surface area contributed by atoms with Crippen LogP contribution in [0.4, 0.5) is 0 Å². The molecule has 0 spiro atoms. The molecule has 9 aromatic carbocycles. The monoisotopic (exact) mass is 768 g/mol. The number of amidine groups is 1. The van der Waals surface area contributed by atoms with Gasteiger partial charge >= 0.3 is 0 Å². The van der Waals surface area contributed by atoms with Gasteiger partial charge in [0.2, 0.25) is 0 Å². The minimum absolute atomic E-state index is 0.153. The molecule has 284 valence electrons. The van der Waals surface area contributed by atoms with Crippen LogP contribution in [-0.4, -0.2) is 10.4 Å². The molecule has 0 bridgehead atoms. The topological polar surface area (TPSA) is 41.4 Å². The number of rotatable bonds is 6. The number of hydrogen-bond acceptors (Lipinski definition) is 3. The first-order chi connectivity index (χ1) is 29.8. The van der Waals surface area contributed by atoms with Gasteiger partial charge in [-0.15, -0.1) is 0 Å². The number of para-hydroxylation sites is 1. The Bertz CT molecular complexity index is 3200.